The maximum Gasteiger partial charge on any atom is 0.328 e. The van der Waals surface area contributed by atoms with Crippen molar-refractivity contribution in [3.63, 3.8) is 0 Å². The molecule has 10 heteroatoms. The van der Waals surface area contributed by atoms with Crippen LogP contribution in [0.4, 0.5) is 0 Å². The smallest absolute Gasteiger partial charge is 0.328 e. The van der Waals surface area contributed by atoms with Crippen molar-refractivity contribution >= 4 is 24.0 Å². The normalized spacial score (nSPS) is 23.1. The van der Waals surface area contributed by atoms with E-state index < -0.39 is 11.9 Å². The monoisotopic (exact) mass is 476 g/mol. The predicted molar refractivity (Wildman–Crippen MR) is 126 cm³/mol. The number of amidine groups is 2. The number of hydrogen-bond acceptors (Lipinski definition) is 8. The van der Waals surface area contributed by atoms with Crippen molar-refractivity contribution in [1.29, 1.82) is 0 Å². The molecule has 188 valence electrons. The van der Waals surface area contributed by atoms with Crippen LogP contribution in [0.5, 0.6) is 0 Å². The Morgan fingerprint density at radius 1 is 0.706 bits per heavy atom. The molecule has 0 amide bonds. The van der Waals surface area contributed by atoms with E-state index in [0.717, 1.165) is 62.0 Å². The van der Waals surface area contributed by atoms with Gasteiger partial charge in [0.1, 0.15) is 13.2 Å². The summed E-state index contributed by atoms with van der Waals surface area (Å²) < 4.78 is 10.8. The first-order valence-corrected chi connectivity index (χ1v) is 12.5. The number of aliphatic imine (C=N–C) groups is 2. The highest BCUT2D eigenvalue weighted by Crippen LogP contribution is 2.45. The van der Waals surface area contributed by atoms with Gasteiger partial charge in [0.2, 0.25) is 0 Å². The van der Waals surface area contributed by atoms with Crippen LogP contribution in [-0.4, -0.2) is 72.6 Å². The molecule has 34 heavy (non-hydrogen) atoms. The van der Waals surface area contributed by atoms with Crippen molar-refractivity contribution in [2.24, 2.45) is 33.7 Å². The number of nitrogens with one attached hydrogen (secondary N) is 2. The molecule has 0 saturated heterocycles. The Morgan fingerprint density at radius 3 is 1.24 bits per heavy atom. The van der Waals surface area contributed by atoms with Crippen molar-refractivity contribution in [3.05, 3.63) is 12.2 Å². The predicted octanol–water partition coefficient (Wildman–Crippen LogP) is 2.01. The van der Waals surface area contributed by atoms with E-state index in [4.69, 9.17) is 19.7 Å². The third-order valence-corrected chi connectivity index (χ3v) is 6.64. The van der Waals surface area contributed by atoms with Crippen molar-refractivity contribution in [2.45, 2.75) is 63.5 Å². The van der Waals surface area contributed by atoms with Crippen LogP contribution in [0.1, 0.15) is 51.4 Å². The number of carbonyl (C=O) groups is 2. The average Bonchev–Trinajstić information content (AvgIpc) is 3.64. The number of carboxylic acids is 2. The number of hydrogen-bond donors (Lipinski definition) is 4. The topological polar surface area (TPSA) is 142 Å². The summed E-state index contributed by atoms with van der Waals surface area (Å²) in [6.07, 6.45) is 12.3. The standard InChI is InChI=1S/2C10H16N2O.C4H4O4/c2*1-2-7(1)9(8-3-4-8)12-10-11-5-6-13-10;5-3(6)1-2-4(7)8/h2*7-9H,1-6H2,(H,11,12);1-2H,(H,5,6)(H,7,8)/b;;2-1+. The summed E-state index contributed by atoms with van der Waals surface area (Å²) in [6, 6.07) is 2.97. The van der Waals surface area contributed by atoms with Crippen LogP contribution < -0.4 is 10.6 Å². The molecule has 2 aliphatic heterocycles. The molecule has 0 aromatic carbocycles. The molecule has 2 heterocycles. The molecular formula is C24H36N4O6. The highest BCUT2D eigenvalue weighted by Gasteiger charge is 2.43. The zero-order valence-electron chi connectivity index (χ0n) is 19.5. The average molecular weight is 477 g/mol. The maximum absolute atomic E-state index is 9.55. The van der Waals surface area contributed by atoms with Gasteiger partial charge >= 0.3 is 11.9 Å². The van der Waals surface area contributed by atoms with Gasteiger partial charge in [-0.1, -0.05) is 0 Å². The number of rotatable bonds is 8. The van der Waals surface area contributed by atoms with Gasteiger partial charge < -0.3 is 30.3 Å². The summed E-state index contributed by atoms with van der Waals surface area (Å²) in [5, 5.41) is 22.6. The molecule has 0 bridgehead atoms. The molecule has 0 unspecified atom stereocenters. The Labute approximate surface area is 199 Å². The fraction of sp³-hybridized carbons (Fsp3) is 0.750. The summed E-state index contributed by atoms with van der Waals surface area (Å²) in [7, 11) is 0. The zero-order chi connectivity index (χ0) is 23.9. The zero-order valence-corrected chi connectivity index (χ0v) is 19.5. The second kappa shape index (κ2) is 11.6. The van der Waals surface area contributed by atoms with E-state index in [-0.39, 0.29) is 0 Å². The number of carboxylic acid groups (broad SMARTS) is 2. The molecule has 4 N–H and O–H groups in total. The Kier molecular flexibility index (Phi) is 8.29. The highest BCUT2D eigenvalue weighted by molar-refractivity contribution is 5.89. The van der Waals surface area contributed by atoms with E-state index in [2.05, 4.69) is 20.6 Å². The molecule has 4 fully saturated rings. The molecule has 0 atom stereocenters. The van der Waals surface area contributed by atoms with Gasteiger partial charge in [0.25, 0.3) is 12.0 Å². The maximum atomic E-state index is 9.55. The lowest BCUT2D eigenvalue weighted by molar-refractivity contribution is -0.134. The van der Waals surface area contributed by atoms with Gasteiger partial charge in [-0.05, 0) is 75.0 Å². The summed E-state index contributed by atoms with van der Waals surface area (Å²) in [5.41, 5.74) is 0. The summed E-state index contributed by atoms with van der Waals surface area (Å²) >= 11 is 0. The molecule has 10 nitrogen and oxygen atoms in total. The fourth-order valence-electron chi connectivity index (χ4n) is 4.34. The van der Waals surface area contributed by atoms with E-state index in [0.29, 0.717) is 24.2 Å². The molecule has 0 radical (unpaired) electrons. The third kappa shape index (κ3) is 8.53. The number of aliphatic carboxylic acids is 2. The lowest BCUT2D eigenvalue weighted by Gasteiger charge is -2.17. The molecule has 4 aliphatic carbocycles. The first-order chi connectivity index (χ1) is 16.5. The summed E-state index contributed by atoms with van der Waals surface area (Å²) in [5.74, 6) is 1.15. The highest BCUT2D eigenvalue weighted by atomic mass is 16.5. The first-order valence-electron chi connectivity index (χ1n) is 12.5. The Hall–Kier alpha value is -2.78. The number of ether oxygens (including phenoxy) is 2. The lowest BCUT2D eigenvalue weighted by Crippen LogP contribution is -2.38. The van der Waals surface area contributed by atoms with Gasteiger partial charge in [0.15, 0.2) is 0 Å². The van der Waals surface area contributed by atoms with Gasteiger partial charge in [-0.2, -0.15) is 0 Å². The second-order valence-corrected chi connectivity index (χ2v) is 9.77. The fourth-order valence-corrected chi connectivity index (χ4v) is 4.34. The van der Waals surface area contributed by atoms with E-state index in [1.807, 2.05) is 0 Å². The van der Waals surface area contributed by atoms with Gasteiger partial charge in [0, 0.05) is 24.2 Å². The van der Waals surface area contributed by atoms with Gasteiger partial charge in [-0.3, -0.25) is 0 Å². The van der Waals surface area contributed by atoms with E-state index >= 15 is 0 Å². The molecule has 0 aromatic rings. The van der Waals surface area contributed by atoms with Crippen LogP contribution in [0, 0.1) is 23.7 Å². The second-order valence-electron chi connectivity index (χ2n) is 9.77. The van der Waals surface area contributed by atoms with Crippen molar-refractivity contribution in [1.82, 2.24) is 10.6 Å². The van der Waals surface area contributed by atoms with Crippen LogP contribution in [-0.2, 0) is 19.1 Å². The molecule has 4 saturated carbocycles. The van der Waals surface area contributed by atoms with Crippen LogP contribution in [0.25, 0.3) is 0 Å². The van der Waals surface area contributed by atoms with Crippen LogP contribution in [0.15, 0.2) is 22.1 Å². The van der Waals surface area contributed by atoms with Gasteiger partial charge in [0.05, 0.1) is 13.1 Å². The number of nitrogens with zero attached hydrogens (tertiary/aromatic N) is 2. The molecule has 6 rings (SSSR count). The van der Waals surface area contributed by atoms with Crippen LogP contribution >= 0.6 is 0 Å². The summed E-state index contributed by atoms with van der Waals surface area (Å²) in [6.45, 7) is 3.21. The van der Waals surface area contributed by atoms with E-state index in [1.165, 1.54) is 51.4 Å². The largest absolute Gasteiger partial charge is 0.478 e. The molecular weight excluding hydrogens is 440 g/mol. The van der Waals surface area contributed by atoms with Crippen molar-refractivity contribution < 1.29 is 29.3 Å². The minimum atomic E-state index is -1.26. The van der Waals surface area contributed by atoms with Crippen molar-refractivity contribution in [3.8, 4) is 0 Å². The quantitative estimate of drug-likeness (QED) is 0.390. The molecule has 0 spiro atoms. The Bertz CT molecular complexity index is 722. The van der Waals surface area contributed by atoms with Gasteiger partial charge in [-0.25, -0.2) is 19.6 Å². The summed E-state index contributed by atoms with van der Waals surface area (Å²) in [4.78, 5) is 27.7. The minimum Gasteiger partial charge on any atom is -0.478 e. The Balaban J connectivity index is 0.000000126. The molecule has 6 aliphatic rings. The SMILES string of the molecule is C1COC(NC(C2CC2)C2CC2)=N1.C1COC(NC(C2CC2)C2CC2)=N1.O=C(O)/C=C/C(=O)O. The third-order valence-electron chi connectivity index (χ3n) is 6.64. The van der Waals surface area contributed by atoms with Gasteiger partial charge in [-0.15, -0.1) is 0 Å². The molecule has 0 aromatic heterocycles. The minimum absolute atomic E-state index is 0.558. The van der Waals surface area contributed by atoms with E-state index in [9.17, 15) is 9.59 Å². The van der Waals surface area contributed by atoms with Crippen LogP contribution in [0.2, 0.25) is 0 Å². The van der Waals surface area contributed by atoms with E-state index in [1.54, 1.807) is 0 Å². The van der Waals surface area contributed by atoms with Crippen LogP contribution in [0.3, 0.4) is 0 Å². The Morgan fingerprint density at radius 2 is 1.03 bits per heavy atom. The van der Waals surface area contributed by atoms with Crippen molar-refractivity contribution in [2.75, 3.05) is 26.3 Å². The first kappa shape index (κ1) is 24.3. The lowest BCUT2D eigenvalue weighted by atomic mass is 10.1.